The van der Waals surface area contributed by atoms with Gasteiger partial charge in [0.2, 0.25) is 0 Å². The summed E-state index contributed by atoms with van der Waals surface area (Å²) in [6.45, 7) is 1.67. The van der Waals surface area contributed by atoms with Gasteiger partial charge in [-0.3, -0.25) is 5.10 Å². The molecule has 0 atom stereocenters. The van der Waals surface area contributed by atoms with E-state index < -0.39 is 11.7 Å². The van der Waals surface area contributed by atoms with E-state index in [0.717, 1.165) is 12.1 Å². The van der Waals surface area contributed by atoms with Crippen LogP contribution in [-0.2, 0) is 6.18 Å². The lowest BCUT2D eigenvalue weighted by Gasteiger charge is -2.09. The van der Waals surface area contributed by atoms with Crippen molar-refractivity contribution in [1.29, 1.82) is 0 Å². The maximum absolute atomic E-state index is 12.8. The van der Waals surface area contributed by atoms with Gasteiger partial charge in [0.25, 0.3) is 0 Å². The number of hydrogen-bond donors (Lipinski definition) is 1. The molecule has 1 aromatic carbocycles. The molecule has 21 heavy (non-hydrogen) atoms. The number of halogens is 3. The second kappa shape index (κ2) is 4.72. The van der Waals surface area contributed by atoms with E-state index in [-0.39, 0.29) is 5.69 Å². The summed E-state index contributed by atoms with van der Waals surface area (Å²) in [5.74, 6) is 0.862. The zero-order chi connectivity index (χ0) is 15.0. The van der Waals surface area contributed by atoms with E-state index >= 15 is 0 Å². The first-order valence-electron chi connectivity index (χ1n) is 6.06. The molecule has 0 amide bonds. The number of aromatic nitrogens is 5. The van der Waals surface area contributed by atoms with Gasteiger partial charge in [-0.05, 0) is 31.2 Å². The molecule has 2 aromatic heterocycles. The Hall–Kier alpha value is -2.64. The third kappa shape index (κ3) is 2.51. The molecular formula is C13H10F3N5. The summed E-state index contributed by atoms with van der Waals surface area (Å²) >= 11 is 0. The molecule has 1 N–H and O–H groups in total. The van der Waals surface area contributed by atoms with Crippen LogP contribution in [0.25, 0.3) is 17.2 Å². The largest absolute Gasteiger partial charge is 0.416 e. The molecule has 0 saturated heterocycles. The monoisotopic (exact) mass is 293 g/mol. The second-order valence-electron chi connectivity index (χ2n) is 4.41. The van der Waals surface area contributed by atoms with E-state index in [4.69, 9.17) is 0 Å². The average molecular weight is 293 g/mol. The molecular weight excluding hydrogens is 283 g/mol. The van der Waals surface area contributed by atoms with Crippen LogP contribution in [0.15, 0.2) is 36.5 Å². The predicted octanol–water partition coefficient (Wildman–Crippen LogP) is 2.98. The summed E-state index contributed by atoms with van der Waals surface area (Å²) in [7, 11) is 0. The highest BCUT2D eigenvalue weighted by Crippen LogP contribution is 2.31. The maximum Gasteiger partial charge on any atom is 0.416 e. The fourth-order valence-corrected chi connectivity index (χ4v) is 1.96. The molecule has 0 spiro atoms. The van der Waals surface area contributed by atoms with Crippen molar-refractivity contribution in [3.05, 3.63) is 47.9 Å². The molecule has 2 heterocycles. The fraction of sp³-hybridized carbons (Fsp3) is 0.154. The van der Waals surface area contributed by atoms with Crippen LogP contribution in [-0.4, -0.2) is 25.0 Å². The van der Waals surface area contributed by atoms with Gasteiger partial charge >= 0.3 is 6.18 Å². The number of aryl methyl sites for hydroxylation is 1. The lowest BCUT2D eigenvalue weighted by molar-refractivity contribution is -0.137. The van der Waals surface area contributed by atoms with Crippen LogP contribution in [0.4, 0.5) is 13.2 Å². The van der Waals surface area contributed by atoms with E-state index in [0.29, 0.717) is 17.3 Å². The number of nitrogens with one attached hydrogen (secondary N) is 1. The van der Waals surface area contributed by atoms with Crippen LogP contribution in [0, 0.1) is 6.92 Å². The third-order valence-corrected chi connectivity index (χ3v) is 2.87. The van der Waals surface area contributed by atoms with E-state index in [2.05, 4.69) is 20.3 Å². The van der Waals surface area contributed by atoms with Crippen molar-refractivity contribution >= 4 is 0 Å². The summed E-state index contributed by atoms with van der Waals surface area (Å²) in [5, 5.41) is 10.7. The Morgan fingerprint density at radius 1 is 1.19 bits per heavy atom. The first-order chi connectivity index (χ1) is 9.95. The smallest absolute Gasteiger partial charge is 0.275 e. The number of alkyl halides is 3. The number of rotatable bonds is 2. The predicted molar refractivity (Wildman–Crippen MR) is 68.7 cm³/mol. The van der Waals surface area contributed by atoms with Crippen molar-refractivity contribution in [2.45, 2.75) is 13.1 Å². The summed E-state index contributed by atoms with van der Waals surface area (Å²) < 4.78 is 39.8. The Kier molecular flexibility index (Phi) is 3.00. The minimum atomic E-state index is -4.40. The van der Waals surface area contributed by atoms with Crippen molar-refractivity contribution in [3.63, 3.8) is 0 Å². The fourth-order valence-electron chi connectivity index (χ4n) is 1.96. The average Bonchev–Trinajstić information content (AvgIpc) is 3.06. The van der Waals surface area contributed by atoms with E-state index in [9.17, 15) is 13.2 Å². The quantitative estimate of drug-likeness (QED) is 0.790. The second-order valence-corrected chi connectivity index (χ2v) is 4.41. The first-order valence-corrected chi connectivity index (χ1v) is 6.06. The first kappa shape index (κ1) is 13.3. The molecule has 0 unspecified atom stereocenters. The Balaban J connectivity index is 2.14. The molecule has 0 saturated carbocycles. The minimum absolute atomic E-state index is 0.287. The van der Waals surface area contributed by atoms with Crippen LogP contribution in [0.2, 0.25) is 0 Å². The minimum Gasteiger partial charge on any atom is -0.275 e. The summed E-state index contributed by atoms with van der Waals surface area (Å²) in [6, 6.07) is 6.61. The van der Waals surface area contributed by atoms with Gasteiger partial charge in [-0.1, -0.05) is 6.07 Å². The normalized spacial score (nSPS) is 11.8. The van der Waals surface area contributed by atoms with Crippen LogP contribution in [0.5, 0.6) is 0 Å². The SMILES string of the molecule is Cc1nc(-c2ccn[nH]2)n(-c2cccc(C(F)(F)F)c2)n1. The van der Waals surface area contributed by atoms with Gasteiger partial charge in [-0.15, -0.1) is 0 Å². The van der Waals surface area contributed by atoms with Crippen molar-refractivity contribution in [2.75, 3.05) is 0 Å². The molecule has 3 rings (SSSR count). The highest BCUT2D eigenvalue weighted by Gasteiger charge is 2.30. The number of nitrogens with zero attached hydrogens (tertiary/aromatic N) is 4. The van der Waals surface area contributed by atoms with Crippen LogP contribution in [0.3, 0.4) is 0 Å². The van der Waals surface area contributed by atoms with Gasteiger partial charge < -0.3 is 0 Å². The van der Waals surface area contributed by atoms with Crippen molar-refractivity contribution < 1.29 is 13.2 Å². The number of hydrogen-bond acceptors (Lipinski definition) is 3. The van der Waals surface area contributed by atoms with Gasteiger partial charge in [-0.25, -0.2) is 9.67 Å². The van der Waals surface area contributed by atoms with Gasteiger partial charge in [0.1, 0.15) is 11.5 Å². The molecule has 8 heteroatoms. The van der Waals surface area contributed by atoms with Gasteiger partial charge in [0, 0.05) is 6.20 Å². The molecule has 0 fully saturated rings. The molecule has 0 aliphatic carbocycles. The van der Waals surface area contributed by atoms with Gasteiger partial charge in [-0.2, -0.15) is 23.4 Å². The topological polar surface area (TPSA) is 59.4 Å². The van der Waals surface area contributed by atoms with Crippen molar-refractivity contribution in [1.82, 2.24) is 25.0 Å². The van der Waals surface area contributed by atoms with Crippen LogP contribution in [0.1, 0.15) is 11.4 Å². The zero-order valence-corrected chi connectivity index (χ0v) is 10.9. The molecule has 3 aromatic rings. The van der Waals surface area contributed by atoms with E-state index in [1.807, 2.05) is 0 Å². The van der Waals surface area contributed by atoms with Gasteiger partial charge in [0.05, 0.1) is 11.3 Å². The van der Waals surface area contributed by atoms with Crippen molar-refractivity contribution in [2.24, 2.45) is 0 Å². The molecule has 0 bridgehead atoms. The van der Waals surface area contributed by atoms with E-state index in [1.54, 1.807) is 19.1 Å². The molecule has 0 aliphatic heterocycles. The lowest BCUT2D eigenvalue weighted by atomic mass is 10.2. The van der Waals surface area contributed by atoms with Crippen molar-refractivity contribution in [3.8, 4) is 17.2 Å². The number of benzene rings is 1. The highest BCUT2D eigenvalue weighted by molar-refractivity contribution is 5.53. The molecule has 5 nitrogen and oxygen atoms in total. The molecule has 0 aliphatic rings. The number of aromatic amines is 1. The lowest BCUT2D eigenvalue weighted by Crippen LogP contribution is -2.07. The maximum atomic E-state index is 12.8. The summed E-state index contributed by atoms with van der Waals surface area (Å²) in [5.41, 5.74) is 0.131. The standard InChI is InChI=1S/C13H10F3N5/c1-8-18-12(11-5-6-17-19-11)21(20-8)10-4-2-3-9(7-10)13(14,15)16/h2-7H,1H3,(H,17,19). The van der Waals surface area contributed by atoms with Gasteiger partial charge in [0.15, 0.2) is 5.82 Å². The Morgan fingerprint density at radius 2 is 2.00 bits per heavy atom. The third-order valence-electron chi connectivity index (χ3n) is 2.87. The Morgan fingerprint density at radius 3 is 2.67 bits per heavy atom. The molecule has 108 valence electrons. The summed E-state index contributed by atoms with van der Waals surface area (Å²) in [4.78, 5) is 4.22. The van der Waals surface area contributed by atoms with Crippen LogP contribution >= 0.6 is 0 Å². The Bertz CT molecular complexity index is 758. The summed E-state index contributed by atoms with van der Waals surface area (Å²) in [6.07, 6.45) is -2.87. The zero-order valence-electron chi connectivity index (χ0n) is 10.9. The molecule has 0 radical (unpaired) electrons. The van der Waals surface area contributed by atoms with Crippen LogP contribution < -0.4 is 0 Å². The Labute approximate surface area is 117 Å². The number of H-pyrrole nitrogens is 1. The highest BCUT2D eigenvalue weighted by atomic mass is 19.4. The van der Waals surface area contributed by atoms with E-state index in [1.165, 1.54) is 16.9 Å².